The van der Waals surface area contributed by atoms with Crippen molar-refractivity contribution in [2.75, 3.05) is 24.6 Å². The maximum atomic E-state index is 8.75. The third-order valence-corrected chi connectivity index (χ3v) is 4.08. The fourth-order valence-electron chi connectivity index (χ4n) is 2.81. The van der Waals surface area contributed by atoms with Crippen molar-refractivity contribution in [2.45, 2.75) is 12.5 Å². The quantitative estimate of drug-likeness (QED) is 0.714. The summed E-state index contributed by atoms with van der Waals surface area (Å²) in [6.45, 7) is 2.10. The van der Waals surface area contributed by atoms with Crippen molar-refractivity contribution in [3.05, 3.63) is 47.5 Å². The average Bonchev–Trinajstić information content (AvgIpc) is 3.10. The number of tetrazole rings is 1. The van der Waals surface area contributed by atoms with E-state index in [9.17, 15) is 0 Å². The molecule has 1 saturated heterocycles. The van der Waals surface area contributed by atoms with E-state index < -0.39 is 0 Å². The minimum atomic E-state index is -0.0266. The third kappa shape index (κ3) is 2.77. The Bertz CT molecular complexity index is 883. The van der Waals surface area contributed by atoms with Crippen molar-refractivity contribution in [3.8, 4) is 6.07 Å². The number of hydrogen-bond donors (Lipinski definition) is 0. The molecule has 0 spiro atoms. The Morgan fingerprint density at radius 3 is 2.92 bits per heavy atom. The van der Waals surface area contributed by atoms with E-state index in [1.807, 2.05) is 36.4 Å². The first-order valence-corrected chi connectivity index (χ1v) is 7.71. The molecular weight excluding hydrogens is 306 g/mol. The van der Waals surface area contributed by atoms with Crippen molar-refractivity contribution < 1.29 is 4.74 Å². The number of hydrogen-bond acceptors (Lipinski definition) is 7. The average molecular weight is 321 g/mol. The Kier molecular flexibility index (Phi) is 3.76. The summed E-state index contributed by atoms with van der Waals surface area (Å²) >= 11 is 0. The van der Waals surface area contributed by atoms with E-state index in [0.717, 1.165) is 23.5 Å². The fraction of sp³-hybridized carbons (Fsp3) is 0.312. The van der Waals surface area contributed by atoms with E-state index >= 15 is 0 Å². The third-order valence-electron chi connectivity index (χ3n) is 4.08. The van der Waals surface area contributed by atoms with Crippen LogP contribution in [0.5, 0.6) is 0 Å². The van der Waals surface area contributed by atoms with E-state index in [1.54, 1.807) is 0 Å². The minimum Gasteiger partial charge on any atom is -0.370 e. The van der Waals surface area contributed by atoms with Crippen LogP contribution in [0, 0.1) is 11.3 Å². The summed E-state index contributed by atoms with van der Waals surface area (Å²) in [6.07, 6.45) is 0.398. The Hall–Kier alpha value is -3.05. The molecule has 0 bridgehead atoms. The Balaban J connectivity index is 1.53. The maximum Gasteiger partial charge on any atom is 0.200 e. The van der Waals surface area contributed by atoms with Crippen LogP contribution in [0.2, 0.25) is 0 Å². The number of aromatic nitrogens is 5. The number of nitrogens with zero attached hydrogens (tertiary/aromatic N) is 7. The van der Waals surface area contributed by atoms with Gasteiger partial charge < -0.3 is 9.64 Å². The zero-order valence-electron chi connectivity index (χ0n) is 12.9. The van der Waals surface area contributed by atoms with Crippen LogP contribution < -0.4 is 4.90 Å². The van der Waals surface area contributed by atoms with Gasteiger partial charge in [-0.15, -0.1) is 14.8 Å². The second kappa shape index (κ2) is 6.22. The van der Waals surface area contributed by atoms with Crippen LogP contribution in [0.15, 0.2) is 36.4 Å². The highest BCUT2D eigenvalue weighted by atomic mass is 16.5. The van der Waals surface area contributed by atoms with Crippen molar-refractivity contribution in [2.24, 2.45) is 0 Å². The lowest BCUT2D eigenvalue weighted by atomic mass is 10.0. The molecule has 1 aromatic carbocycles. The molecule has 1 atom stereocenters. The van der Waals surface area contributed by atoms with Gasteiger partial charge in [0.1, 0.15) is 6.10 Å². The molecule has 0 amide bonds. The van der Waals surface area contributed by atoms with Crippen LogP contribution >= 0.6 is 0 Å². The van der Waals surface area contributed by atoms with Gasteiger partial charge in [-0.1, -0.05) is 24.3 Å². The van der Waals surface area contributed by atoms with Gasteiger partial charge in [0.05, 0.1) is 19.1 Å². The van der Waals surface area contributed by atoms with E-state index in [4.69, 9.17) is 10.00 Å². The number of anilines is 1. The molecule has 24 heavy (non-hydrogen) atoms. The molecule has 8 nitrogen and oxygen atoms in total. The minimum absolute atomic E-state index is 0.0266. The van der Waals surface area contributed by atoms with Crippen LogP contribution in [0.3, 0.4) is 0 Å². The molecule has 0 aliphatic carbocycles. The summed E-state index contributed by atoms with van der Waals surface area (Å²) in [5, 5.41) is 24.5. The van der Waals surface area contributed by atoms with Crippen molar-refractivity contribution in [1.82, 2.24) is 25.3 Å². The van der Waals surface area contributed by atoms with Gasteiger partial charge in [0.2, 0.25) is 0 Å². The van der Waals surface area contributed by atoms with Gasteiger partial charge in [0, 0.05) is 13.1 Å². The van der Waals surface area contributed by atoms with Crippen LogP contribution in [0.1, 0.15) is 17.2 Å². The summed E-state index contributed by atoms with van der Waals surface area (Å²) in [7, 11) is 0. The summed E-state index contributed by atoms with van der Waals surface area (Å²) in [4.78, 5) is 2.17. The van der Waals surface area contributed by atoms with Gasteiger partial charge in [-0.25, -0.2) is 0 Å². The van der Waals surface area contributed by atoms with Gasteiger partial charge in [-0.05, 0) is 33.7 Å². The van der Waals surface area contributed by atoms with Crippen LogP contribution in [-0.4, -0.2) is 45.0 Å². The fourth-order valence-corrected chi connectivity index (χ4v) is 2.81. The zero-order chi connectivity index (χ0) is 16.4. The first kappa shape index (κ1) is 14.5. The highest BCUT2D eigenvalue weighted by molar-refractivity contribution is 5.45. The van der Waals surface area contributed by atoms with E-state index in [1.165, 1.54) is 4.63 Å². The Morgan fingerprint density at radius 1 is 1.21 bits per heavy atom. The van der Waals surface area contributed by atoms with E-state index in [2.05, 4.69) is 31.6 Å². The van der Waals surface area contributed by atoms with Gasteiger partial charge in [0.25, 0.3) is 0 Å². The van der Waals surface area contributed by atoms with Gasteiger partial charge in [-0.3, -0.25) is 0 Å². The van der Waals surface area contributed by atoms with Crippen molar-refractivity contribution >= 4 is 11.5 Å². The molecule has 1 unspecified atom stereocenters. The number of ether oxygens (including phenoxy) is 1. The molecule has 1 aliphatic heterocycles. The van der Waals surface area contributed by atoms with E-state index in [-0.39, 0.29) is 6.10 Å². The molecule has 4 rings (SSSR count). The highest BCUT2D eigenvalue weighted by Crippen LogP contribution is 2.25. The molecule has 1 fully saturated rings. The lowest BCUT2D eigenvalue weighted by Gasteiger charge is -2.33. The van der Waals surface area contributed by atoms with Gasteiger partial charge in [0.15, 0.2) is 11.5 Å². The van der Waals surface area contributed by atoms with Crippen LogP contribution in [0.25, 0.3) is 5.65 Å². The molecule has 8 heteroatoms. The predicted molar refractivity (Wildman–Crippen MR) is 85.2 cm³/mol. The SMILES string of the molecule is N#CCc1ccc(C2CN(c3ccc4nnnn4n3)CCO2)cc1. The highest BCUT2D eigenvalue weighted by Gasteiger charge is 2.23. The maximum absolute atomic E-state index is 8.75. The molecule has 3 aromatic rings. The van der Waals surface area contributed by atoms with Crippen molar-refractivity contribution in [3.63, 3.8) is 0 Å². The topological polar surface area (TPSA) is 92.2 Å². The standard InChI is InChI=1S/C16H15N7O/c17-8-7-12-1-3-13(4-2-12)14-11-22(9-10-24-14)16-6-5-15-18-20-21-23(15)19-16/h1-6,14H,7,9-11H2. The number of rotatable bonds is 3. The Morgan fingerprint density at radius 2 is 2.08 bits per heavy atom. The summed E-state index contributed by atoms with van der Waals surface area (Å²) in [5.74, 6) is 0.823. The number of nitriles is 1. The summed E-state index contributed by atoms with van der Waals surface area (Å²) in [5.41, 5.74) is 2.74. The number of benzene rings is 1. The molecule has 0 radical (unpaired) electrons. The van der Waals surface area contributed by atoms with Crippen LogP contribution in [-0.2, 0) is 11.2 Å². The molecule has 2 aromatic heterocycles. The molecular formula is C16H15N7O. The van der Waals surface area contributed by atoms with E-state index in [0.29, 0.717) is 25.2 Å². The smallest absolute Gasteiger partial charge is 0.200 e. The largest absolute Gasteiger partial charge is 0.370 e. The molecule has 120 valence electrons. The second-order valence-electron chi connectivity index (χ2n) is 5.60. The van der Waals surface area contributed by atoms with Crippen molar-refractivity contribution in [1.29, 1.82) is 5.26 Å². The molecule has 1 aliphatic rings. The number of fused-ring (bicyclic) bond motifs is 1. The summed E-state index contributed by atoms with van der Waals surface area (Å²) in [6, 6.07) is 13.9. The second-order valence-corrected chi connectivity index (χ2v) is 5.60. The summed E-state index contributed by atoms with van der Waals surface area (Å²) < 4.78 is 7.33. The molecule has 3 heterocycles. The normalized spacial score (nSPS) is 17.8. The lowest BCUT2D eigenvalue weighted by molar-refractivity contribution is 0.0394. The molecule has 0 saturated carbocycles. The monoisotopic (exact) mass is 321 g/mol. The first-order chi connectivity index (χ1) is 11.8. The van der Waals surface area contributed by atoms with Gasteiger partial charge in [-0.2, -0.15) is 5.26 Å². The number of morpholine rings is 1. The lowest BCUT2D eigenvalue weighted by Crippen LogP contribution is -2.39. The Labute approximate surface area is 138 Å². The zero-order valence-corrected chi connectivity index (χ0v) is 12.9. The predicted octanol–water partition coefficient (Wildman–Crippen LogP) is 1.16. The van der Waals surface area contributed by atoms with Crippen LogP contribution in [0.4, 0.5) is 5.82 Å². The molecule has 0 N–H and O–H groups in total. The van der Waals surface area contributed by atoms with Gasteiger partial charge >= 0.3 is 0 Å². The first-order valence-electron chi connectivity index (χ1n) is 7.71.